The molecule has 0 fully saturated rings. The molecule has 7 nitrogen and oxygen atoms in total. The van der Waals surface area contributed by atoms with E-state index in [1.165, 1.54) is 12.1 Å². The van der Waals surface area contributed by atoms with Crippen LogP contribution >= 0.6 is 0 Å². The largest absolute Gasteiger partial charge is 0.496 e. The molecule has 0 saturated heterocycles. The van der Waals surface area contributed by atoms with E-state index in [1.807, 2.05) is 18.2 Å². The summed E-state index contributed by atoms with van der Waals surface area (Å²) >= 11 is 0. The lowest BCUT2D eigenvalue weighted by molar-refractivity contribution is 0.0817. The predicted molar refractivity (Wildman–Crippen MR) is 145 cm³/mol. The number of hydrogen-bond donors (Lipinski definition) is 1. The molecule has 3 aromatic rings. The van der Waals surface area contributed by atoms with E-state index in [1.54, 1.807) is 64.3 Å². The number of carbonyl (C=O) groups excluding carboxylic acids is 1. The molecule has 3 rings (SSSR count). The minimum absolute atomic E-state index is 0.120. The van der Waals surface area contributed by atoms with E-state index < -0.39 is 16.1 Å². The number of ketones is 1. The van der Waals surface area contributed by atoms with Gasteiger partial charge >= 0.3 is 0 Å². The van der Waals surface area contributed by atoms with Crippen molar-refractivity contribution in [2.45, 2.75) is 64.0 Å². The fraction of sp³-hybridized carbons (Fsp3) is 0.345. The van der Waals surface area contributed by atoms with Crippen LogP contribution in [0, 0.1) is 0 Å². The summed E-state index contributed by atoms with van der Waals surface area (Å²) in [6.45, 7) is 11.3. The van der Waals surface area contributed by atoms with Crippen LogP contribution in [-0.2, 0) is 15.4 Å². The molecule has 0 aromatic heterocycles. The summed E-state index contributed by atoms with van der Waals surface area (Å²) in [4.78, 5) is 13.2. The van der Waals surface area contributed by atoms with Gasteiger partial charge < -0.3 is 14.2 Å². The molecule has 0 bridgehead atoms. The van der Waals surface area contributed by atoms with E-state index in [9.17, 15) is 13.2 Å². The summed E-state index contributed by atoms with van der Waals surface area (Å²) in [5.74, 6) is 1.49. The van der Waals surface area contributed by atoms with Crippen LogP contribution < -0.4 is 18.9 Å². The lowest BCUT2D eigenvalue weighted by Crippen LogP contribution is -2.31. The summed E-state index contributed by atoms with van der Waals surface area (Å²) in [5.41, 5.74) is 0.948. The van der Waals surface area contributed by atoms with Crippen molar-refractivity contribution in [1.29, 1.82) is 0 Å². The lowest BCUT2D eigenvalue weighted by Gasteiger charge is -2.23. The zero-order valence-electron chi connectivity index (χ0n) is 22.4. The van der Waals surface area contributed by atoms with Crippen LogP contribution in [0.4, 0.5) is 0 Å². The molecule has 3 aromatic carbocycles. The zero-order chi connectivity index (χ0) is 27.4. The summed E-state index contributed by atoms with van der Waals surface area (Å²) in [6.07, 6.45) is -0.865. The number of sulfonamides is 1. The number of para-hydroxylation sites is 1. The molecule has 1 atom stereocenters. The van der Waals surface area contributed by atoms with Crippen molar-refractivity contribution in [3.05, 3.63) is 77.9 Å². The predicted octanol–water partition coefficient (Wildman–Crippen LogP) is 6.12. The van der Waals surface area contributed by atoms with Crippen LogP contribution in [0.5, 0.6) is 23.0 Å². The molecular weight excluding hydrogens is 490 g/mol. The first-order valence-electron chi connectivity index (χ1n) is 12.1. The fourth-order valence-corrected chi connectivity index (χ4v) is 5.19. The molecule has 0 radical (unpaired) electrons. The number of rotatable bonds is 10. The van der Waals surface area contributed by atoms with Gasteiger partial charge in [0.05, 0.1) is 7.11 Å². The van der Waals surface area contributed by atoms with Crippen molar-refractivity contribution in [3.63, 3.8) is 0 Å². The van der Waals surface area contributed by atoms with E-state index in [0.717, 1.165) is 11.3 Å². The van der Waals surface area contributed by atoms with Gasteiger partial charge in [0.1, 0.15) is 27.9 Å². The lowest BCUT2D eigenvalue weighted by atomic mass is 9.86. The fourth-order valence-electron chi connectivity index (χ4n) is 3.78. The van der Waals surface area contributed by atoms with Gasteiger partial charge in [-0.15, -0.1) is 0 Å². The van der Waals surface area contributed by atoms with E-state index in [-0.39, 0.29) is 33.4 Å². The Morgan fingerprint density at radius 1 is 0.865 bits per heavy atom. The van der Waals surface area contributed by atoms with Crippen LogP contribution in [0.25, 0.3) is 0 Å². The average molecular weight is 526 g/mol. The third-order valence-corrected chi connectivity index (χ3v) is 7.22. The molecular formula is C29H35NO6S. The van der Waals surface area contributed by atoms with Crippen LogP contribution in [0.2, 0.25) is 0 Å². The summed E-state index contributed by atoms with van der Waals surface area (Å²) in [6, 6.07) is 18.3. The van der Waals surface area contributed by atoms with E-state index in [2.05, 4.69) is 25.5 Å². The average Bonchev–Trinajstić information content (AvgIpc) is 2.83. The maximum Gasteiger partial charge on any atom is 0.244 e. The Labute approximate surface area is 219 Å². The van der Waals surface area contributed by atoms with Crippen LogP contribution in [0.1, 0.15) is 57.5 Å². The molecule has 0 aliphatic rings. The van der Waals surface area contributed by atoms with Gasteiger partial charge in [-0.05, 0) is 74.7 Å². The minimum atomic E-state index is -3.96. The first-order valence-corrected chi connectivity index (χ1v) is 13.6. The summed E-state index contributed by atoms with van der Waals surface area (Å²) in [7, 11) is -2.35. The van der Waals surface area contributed by atoms with E-state index in [4.69, 9.17) is 14.2 Å². The number of methoxy groups -OCH3 is 1. The van der Waals surface area contributed by atoms with Gasteiger partial charge in [-0.2, -0.15) is 0 Å². The van der Waals surface area contributed by atoms with Crippen molar-refractivity contribution >= 4 is 15.8 Å². The van der Waals surface area contributed by atoms with E-state index >= 15 is 0 Å². The van der Waals surface area contributed by atoms with Crippen molar-refractivity contribution < 1.29 is 27.4 Å². The number of nitrogens with one attached hydrogen (secondary N) is 1. The molecule has 0 aliphatic heterocycles. The van der Waals surface area contributed by atoms with Crippen molar-refractivity contribution in [2.24, 2.45) is 0 Å². The second-order valence-corrected chi connectivity index (χ2v) is 11.8. The second-order valence-electron chi connectivity index (χ2n) is 10.1. The second kappa shape index (κ2) is 11.4. The third-order valence-electron chi connectivity index (χ3n) is 5.54. The Balaban J connectivity index is 1.94. The minimum Gasteiger partial charge on any atom is -0.496 e. The molecule has 0 spiro atoms. The molecule has 0 saturated carbocycles. The van der Waals surface area contributed by atoms with Crippen LogP contribution in [0.15, 0.2) is 71.6 Å². The van der Waals surface area contributed by atoms with Crippen molar-refractivity contribution in [3.8, 4) is 23.0 Å². The highest BCUT2D eigenvalue weighted by atomic mass is 32.2. The molecule has 1 unspecified atom stereocenters. The van der Waals surface area contributed by atoms with Gasteiger partial charge in [0.25, 0.3) is 0 Å². The first kappa shape index (κ1) is 28.2. The molecule has 0 heterocycles. The number of hydrogen-bond acceptors (Lipinski definition) is 6. The highest BCUT2D eigenvalue weighted by molar-refractivity contribution is 7.89. The monoisotopic (exact) mass is 525 g/mol. The van der Waals surface area contributed by atoms with Gasteiger partial charge in [-0.3, -0.25) is 4.79 Å². The summed E-state index contributed by atoms with van der Waals surface area (Å²) < 4.78 is 46.2. The van der Waals surface area contributed by atoms with E-state index in [0.29, 0.717) is 11.5 Å². The standard InChI is InChI=1S/C29H35NO6S/c1-19(2)30-37(32,33)27-17-21(13-15-26(27)36-22-11-9-8-10-12-22)28(31)20(3)35-23-14-16-25(34-7)24(18-23)29(4,5)6/h8-20,30H,1-7H3. The number of ether oxygens (including phenoxy) is 3. The Hall–Kier alpha value is -3.36. The zero-order valence-corrected chi connectivity index (χ0v) is 23.2. The smallest absolute Gasteiger partial charge is 0.244 e. The maximum absolute atomic E-state index is 13.3. The number of benzene rings is 3. The van der Waals surface area contributed by atoms with Crippen molar-refractivity contribution in [2.75, 3.05) is 7.11 Å². The molecule has 0 aliphatic carbocycles. The van der Waals surface area contributed by atoms with Crippen LogP contribution in [-0.4, -0.2) is 33.5 Å². The van der Waals surface area contributed by atoms with Gasteiger partial charge in [-0.25, -0.2) is 13.1 Å². The Morgan fingerprint density at radius 2 is 1.51 bits per heavy atom. The quantitative estimate of drug-likeness (QED) is 0.321. The van der Waals surface area contributed by atoms with Crippen molar-refractivity contribution in [1.82, 2.24) is 4.72 Å². The molecule has 37 heavy (non-hydrogen) atoms. The van der Waals surface area contributed by atoms with Gasteiger partial charge in [0.2, 0.25) is 15.8 Å². The third kappa shape index (κ3) is 7.11. The summed E-state index contributed by atoms with van der Waals surface area (Å²) in [5, 5.41) is 0. The SMILES string of the molecule is COc1ccc(OC(C)C(=O)c2ccc(Oc3ccccc3)c(S(=O)(=O)NC(C)C)c2)cc1C(C)(C)C. The van der Waals surface area contributed by atoms with Gasteiger partial charge in [0.15, 0.2) is 6.10 Å². The number of Topliss-reactive ketones (excluding diaryl/α,β-unsaturated/α-hetero) is 1. The highest BCUT2D eigenvalue weighted by Gasteiger charge is 2.26. The van der Waals surface area contributed by atoms with Gasteiger partial charge in [-0.1, -0.05) is 39.0 Å². The molecule has 8 heteroatoms. The highest BCUT2D eigenvalue weighted by Crippen LogP contribution is 2.35. The molecule has 198 valence electrons. The normalized spacial score (nSPS) is 12.8. The molecule has 0 amide bonds. The Bertz CT molecular complexity index is 1340. The van der Waals surface area contributed by atoms with Gasteiger partial charge in [0, 0.05) is 17.2 Å². The molecule has 1 N–H and O–H groups in total. The first-order chi connectivity index (χ1) is 17.3. The Kier molecular flexibility index (Phi) is 8.66. The topological polar surface area (TPSA) is 90.9 Å². The maximum atomic E-state index is 13.3. The Morgan fingerprint density at radius 3 is 2.11 bits per heavy atom. The number of carbonyl (C=O) groups is 1. The van der Waals surface area contributed by atoms with Crippen LogP contribution in [0.3, 0.4) is 0 Å².